The van der Waals surface area contributed by atoms with Gasteiger partial charge in [-0.1, -0.05) is 12.1 Å². The quantitative estimate of drug-likeness (QED) is 0.477. The second-order valence-corrected chi connectivity index (χ2v) is 6.28. The van der Waals surface area contributed by atoms with E-state index in [1.54, 1.807) is 18.2 Å². The zero-order chi connectivity index (χ0) is 20.5. The molecule has 0 saturated carbocycles. The number of benzene rings is 2. The van der Waals surface area contributed by atoms with Gasteiger partial charge in [0.1, 0.15) is 0 Å². The fourth-order valence-corrected chi connectivity index (χ4v) is 2.73. The number of hydrogen-bond donors (Lipinski definition) is 3. The molecular formula is C21H28FN3O3. The minimum atomic E-state index is -0.392. The first-order valence-electron chi connectivity index (χ1n) is 9.22. The maximum absolute atomic E-state index is 14.0. The molecule has 2 aromatic carbocycles. The van der Waals surface area contributed by atoms with Crippen molar-refractivity contribution in [2.45, 2.75) is 26.3 Å². The number of methoxy groups -OCH3 is 2. The highest BCUT2D eigenvalue weighted by Crippen LogP contribution is 2.26. The topological polar surface area (TPSA) is 75.1 Å². The smallest absolute Gasteiger partial charge is 0.191 e. The first-order chi connectivity index (χ1) is 13.5. The number of aromatic hydroxyl groups is 1. The lowest BCUT2D eigenvalue weighted by atomic mass is 10.1. The van der Waals surface area contributed by atoms with Gasteiger partial charge in [-0.15, -0.1) is 0 Å². The van der Waals surface area contributed by atoms with Gasteiger partial charge in [0.2, 0.25) is 0 Å². The van der Waals surface area contributed by atoms with Crippen molar-refractivity contribution in [2.75, 3.05) is 27.3 Å². The van der Waals surface area contributed by atoms with Gasteiger partial charge in [-0.05, 0) is 55.7 Å². The molecule has 0 bridgehead atoms. The molecule has 0 aliphatic carbocycles. The number of nitrogens with zero attached hydrogens (tertiary/aromatic N) is 1. The molecule has 2 rings (SSSR count). The van der Waals surface area contributed by atoms with Crippen LogP contribution in [0.3, 0.4) is 0 Å². The number of nitrogens with one attached hydrogen (secondary N) is 2. The van der Waals surface area contributed by atoms with Crippen molar-refractivity contribution in [2.24, 2.45) is 4.99 Å². The maximum atomic E-state index is 14.0. The number of ether oxygens (including phenoxy) is 2. The summed E-state index contributed by atoms with van der Waals surface area (Å²) in [5, 5.41) is 16.1. The third-order valence-electron chi connectivity index (χ3n) is 4.29. The van der Waals surface area contributed by atoms with Gasteiger partial charge >= 0.3 is 0 Å². The van der Waals surface area contributed by atoms with Crippen LogP contribution in [0.2, 0.25) is 0 Å². The van der Waals surface area contributed by atoms with Gasteiger partial charge in [0.25, 0.3) is 0 Å². The average molecular weight is 389 g/mol. The SMILES string of the molecule is CCNC(=NCCc1ccc(O)c(OC)c1)NC(C)c1ccc(OC)c(F)c1. The van der Waals surface area contributed by atoms with E-state index in [1.807, 2.05) is 26.0 Å². The van der Waals surface area contributed by atoms with Crippen LogP contribution >= 0.6 is 0 Å². The van der Waals surface area contributed by atoms with E-state index in [9.17, 15) is 9.50 Å². The number of rotatable bonds is 8. The third-order valence-corrected chi connectivity index (χ3v) is 4.29. The second-order valence-electron chi connectivity index (χ2n) is 6.28. The lowest BCUT2D eigenvalue weighted by Crippen LogP contribution is -2.38. The van der Waals surface area contributed by atoms with Gasteiger partial charge in [0, 0.05) is 13.1 Å². The van der Waals surface area contributed by atoms with E-state index in [1.165, 1.54) is 20.3 Å². The first-order valence-corrected chi connectivity index (χ1v) is 9.22. The molecule has 0 fully saturated rings. The highest BCUT2D eigenvalue weighted by atomic mass is 19.1. The average Bonchev–Trinajstić information content (AvgIpc) is 2.69. The van der Waals surface area contributed by atoms with E-state index in [0.717, 1.165) is 11.1 Å². The Labute approximate surface area is 165 Å². The normalized spacial score (nSPS) is 12.4. The van der Waals surface area contributed by atoms with Crippen LogP contribution in [-0.4, -0.2) is 38.4 Å². The van der Waals surface area contributed by atoms with Crippen molar-refractivity contribution in [3.8, 4) is 17.2 Å². The number of hydrogen-bond acceptors (Lipinski definition) is 4. The summed E-state index contributed by atoms with van der Waals surface area (Å²) in [4.78, 5) is 4.58. The number of phenolic OH excluding ortho intramolecular Hbond substituents is 1. The van der Waals surface area contributed by atoms with Gasteiger partial charge in [0.05, 0.1) is 20.3 Å². The van der Waals surface area contributed by atoms with Crippen LogP contribution in [0.1, 0.15) is 31.0 Å². The molecule has 152 valence electrons. The maximum Gasteiger partial charge on any atom is 0.191 e. The first kappa shape index (κ1) is 21.3. The predicted octanol–water partition coefficient (Wildman–Crippen LogP) is 3.41. The number of guanidine groups is 1. The summed E-state index contributed by atoms with van der Waals surface area (Å²) in [6.07, 6.45) is 0.693. The van der Waals surface area contributed by atoms with E-state index < -0.39 is 5.82 Å². The summed E-state index contributed by atoms with van der Waals surface area (Å²) in [5.74, 6) is 1.04. The molecule has 0 heterocycles. The van der Waals surface area contributed by atoms with Crippen molar-refractivity contribution < 1.29 is 19.0 Å². The Kier molecular flexibility index (Phi) is 7.92. The molecule has 7 heteroatoms. The minimum Gasteiger partial charge on any atom is -0.504 e. The van der Waals surface area contributed by atoms with Gasteiger partial charge in [-0.25, -0.2) is 4.39 Å². The van der Waals surface area contributed by atoms with Gasteiger partial charge in [-0.2, -0.15) is 0 Å². The standard InChI is InChI=1S/C21H28FN3O3/c1-5-23-21(24-11-10-15-6-8-18(26)20(12-15)28-4)25-14(2)16-7-9-19(27-3)17(22)13-16/h6-9,12-14,26H,5,10-11H2,1-4H3,(H2,23,24,25). The Morgan fingerprint density at radius 1 is 1.14 bits per heavy atom. The number of phenols is 1. The van der Waals surface area contributed by atoms with Crippen molar-refractivity contribution in [3.63, 3.8) is 0 Å². The zero-order valence-electron chi connectivity index (χ0n) is 16.8. The summed E-state index contributed by atoms with van der Waals surface area (Å²) >= 11 is 0. The summed E-state index contributed by atoms with van der Waals surface area (Å²) in [5.41, 5.74) is 1.81. The van der Waals surface area contributed by atoms with Crippen LogP contribution in [-0.2, 0) is 6.42 Å². The number of aliphatic imine (C=N–C) groups is 1. The van der Waals surface area contributed by atoms with Crippen LogP contribution < -0.4 is 20.1 Å². The Hall–Kier alpha value is -2.96. The highest BCUT2D eigenvalue weighted by molar-refractivity contribution is 5.80. The van der Waals surface area contributed by atoms with Crippen molar-refractivity contribution in [1.29, 1.82) is 0 Å². The Morgan fingerprint density at radius 3 is 2.54 bits per heavy atom. The van der Waals surface area contributed by atoms with Crippen LogP contribution in [0.5, 0.6) is 17.2 Å². The van der Waals surface area contributed by atoms with E-state index in [4.69, 9.17) is 9.47 Å². The van der Waals surface area contributed by atoms with E-state index in [0.29, 0.717) is 31.2 Å². The molecule has 0 amide bonds. The van der Waals surface area contributed by atoms with Crippen LogP contribution in [0, 0.1) is 5.82 Å². The molecule has 0 radical (unpaired) electrons. The van der Waals surface area contributed by atoms with Gasteiger partial charge in [0.15, 0.2) is 29.0 Å². The molecule has 2 aromatic rings. The molecule has 6 nitrogen and oxygen atoms in total. The fraction of sp³-hybridized carbons (Fsp3) is 0.381. The summed E-state index contributed by atoms with van der Waals surface area (Å²) in [6, 6.07) is 10.0. The van der Waals surface area contributed by atoms with Crippen molar-refractivity contribution in [3.05, 3.63) is 53.3 Å². The van der Waals surface area contributed by atoms with Gasteiger partial charge < -0.3 is 25.2 Å². The van der Waals surface area contributed by atoms with Gasteiger partial charge in [-0.3, -0.25) is 4.99 Å². The minimum absolute atomic E-state index is 0.116. The van der Waals surface area contributed by atoms with E-state index in [-0.39, 0.29) is 17.5 Å². The molecule has 0 spiro atoms. The molecule has 3 N–H and O–H groups in total. The van der Waals surface area contributed by atoms with Crippen LogP contribution in [0.15, 0.2) is 41.4 Å². The summed E-state index contributed by atoms with van der Waals surface area (Å²) < 4.78 is 24.0. The fourth-order valence-electron chi connectivity index (χ4n) is 2.73. The zero-order valence-corrected chi connectivity index (χ0v) is 16.8. The van der Waals surface area contributed by atoms with Crippen LogP contribution in [0.25, 0.3) is 0 Å². The Morgan fingerprint density at radius 2 is 1.89 bits per heavy atom. The van der Waals surface area contributed by atoms with Crippen molar-refractivity contribution >= 4 is 5.96 Å². The molecule has 28 heavy (non-hydrogen) atoms. The van der Waals surface area contributed by atoms with Crippen molar-refractivity contribution in [1.82, 2.24) is 10.6 Å². The molecule has 1 unspecified atom stereocenters. The Bertz CT molecular complexity index is 811. The summed E-state index contributed by atoms with van der Waals surface area (Å²) in [7, 11) is 2.97. The molecule has 0 aliphatic heterocycles. The third kappa shape index (κ3) is 5.77. The highest BCUT2D eigenvalue weighted by Gasteiger charge is 2.11. The Balaban J connectivity index is 2.02. The second kappa shape index (κ2) is 10.4. The molecule has 0 aliphatic rings. The predicted molar refractivity (Wildman–Crippen MR) is 109 cm³/mol. The largest absolute Gasteiger partial charge is 0.504 e. The van der Waals surface area contributed by atoms with E-state index in [2.05, 4.69) is 15.6 Å². The van der Waals surface area contributed by atoms with Crippen LogP contribution in [0.4, 0.5) is 4.39 Å². The number of halogens is 1. The molecule has 0 saturated heterocycles. The molecule has 1 atom stereocenters. The lowest BCUT2D eigenvalue weighted by molar-refractivity contribution is 0.373. The summed E-state index contributed by atoms with van der Waals surface area (Å²) in [6.45, 7) is 5.19. The molecule has 0 aromatic heterocycles. The lowest BCUT2D eigenvalue weighted by Gasteiger charge is -2.18. The molecular weight excluding hydrogens is 361 g/mol. The van der Waals surface area contributed by atoms with E-state index >= 15 is 0 Å². The monoisotopic (exact) mass is 389 g/mol.